The smallest absolute Gasteiger partial charge is 0.167 e. The highest BCUT2D eigenvalue weighted by atomic mass is 35.5. The average molecular weight is 247 g/mol. The molecule has 0 aliphatic rings. The number of hydrogen-bond acceptors (Lipinski definition) is 4. The zero-order chi connectivity index (χ0) is 11.8. The van der Waals surface area contributed by atoms with Crippen molar-refractivity contribution in [2.45, 2.75) is 0 Å². The summed E-state index contributed by atoms with van der Waals surface area (Å²) in [6.45, 7) is 0. The maximum absolute atomic E-state index is 9.82. The van der Waals surface area contributed by atoms with Gasteiger partial charge < -0.3 is 5.11 Å². The van der Waals surface area contributed by atoms with Gasteiger partial charge in [0.15, 0.2) is 5.65 Å². The molecule has 0 bridgehead atoms. The predicted molar refractivity (Wildman–Crippen MR) is 63.3 cm³/mol. The summed E-state index contributed by atoms with van der Waals surface area (Å²) in [5, 5.41) is 10.4. The fourth-order valence-corrected chi connectivity index (χ4v) is 1.80. The number of aromatic nitrogens is 4. The topological polar surface area (TPSA) is 63.8 Å². The molecule has 1 aromatic carbocycles. The van der Waals surface area contributed by atoms with Crippen LogP contribution in [0.2, 0.25) is 5.02 Å². The molecule has 2 aromatic heterocycles. The number of imidazole rings is 1. The molecule has 0 radical (unpaired) electrons. The van der Waals surface area contributed by atoms with Gasteiger partial charge in [0.2, 0.25) is 0 Å². The van der Waals surface area contributed by atoms with Gasteiger partial charge in [0.1, 0.15) is 23.9 Å². The largest absolute Gasteiger partial charge is 0.506 e. The lowest BCUT2D eigenvalue weighted by Gasteiger charge is -2.06. The van der Waals surface area contributed by atoms with E-state index in [1.807, 2.05) is 0 Å². The van der Waals surface area contributed by atoms with Crippen molar-refractivity contribution in [2.24, 2.45) is 0 Å². The average Bonchev–Trinajstić information content (AvgIpc) is 2.76. The van der Waals surface area contributed by atoms with Gasteiger partial charge in [0.05, 0.1) is 11.9 Å². The van der Waals surface area contributed by atoms with Crippen molar-refractivity contribution < 1.29 is 5.11 Å². The third-order valence-corrected chi connectivity index (χ3v) is 2.65. The fraction of sp³-hybridized carbons (Fsp3) is 0. The molecule has 6 heteroatoms. The van der Waals surface area contributed by atoms with Gasteiger partial charge in [-0.1, -0.05) is 11.6 Å². The van der Waals surface area contributed by atoms with Crippen LogP contribution in [-0.4, -0.2) is 24.6 Å². The molecule has 84 valence electrons. The Morgan fingerprint density at radius 3 is 3.00 bits per heavy atom. The Hall–Kier alpha value is -2.14. The number of phenolic OH excluding ortho intramolecular Hbond substituents is 1. The molecule has 0 aliphatic heterocycles. The number of phenols is 1. The summed E-state index contributed by atoms with van der Waals surface area (Å²) in [6, 6.07) is 4.80. The number of fused-ring (bicyclic) bond motifs is 1. The number of hydrogen-bond donors (Lipinski definition) is 1. The zero-order valence-corrected chi connectivity index (χ0v) is 9.33. The Morgan fingerprint density at radius 2 is 2.12 bits per heavy atom. The molecule has 0 saturated heterocycles. The molecule has 5 nitrogen and oxygen atoms in total. The molecule has 17 heavy (non-hydrogen) atoms. The first-order valence-electron chi connectivity index (χ1n) is 4.87. The van der Waals surface area contributed by atoms with Crippen LogP contribution in [0.5, 0.6) is 5.75 Å². The highest BCUT2D eigenvalue weighted by molar-refractivity contribution is 6.30. The van der Waals surface area contributed by atoms with E-state index in [1.165, 1.54) is 12.4 Å². The summed E-state index contributed by atoms with van der Waals surface area (Å²) in [5.41, 5.74) is 1.82. The van der Waals surface area contributed by atoms with Crippen molar-refractivity contribution in [3.63, 3.8) is 0 Å². The van der Waals surface area contributed by atoms with E-state index in [1.54, 1.807) is 29.2 Å². The van der Waals surface area contributed by atoms with Crippen LogP contribution < -0.4 is 0 Å². The van der Waals surface area contributed by atoms with Gasteiger partial charge in [0.25, 0.3) is 0 Å². The third-order valence-electron chi connectivity index (χ3n) is 2.41. The van der Waals surface area contributed by atoms with E-state index in [9.17, 15) is 5.11 Å². The van der Waals surface area contributed by atoms with Crippen LogP contribution in [0.3, 0.4) is 0 Å². The van der Waals surface area contributed by atoms with Gasteiger partial charge in [0, 0.05) is 5.02 Å². The minimum atomic E-state index is 0.118. The Labute approximate surface area is 101 Å². The van der Waals surface area contributed by atoms with E-state index in [2.05, 4.69) is 15.0 Å². The monoisotopic (exact) mass is 246 g/mol. The lowest BCUT2D eigenvalue weighted by molar-refractivity contribution is 0.472. The molecule has 0 amide bonds. The normalized spacial score (nSPS) is 10.9. The van der Waals surface area contributed by atoms with Crippen LogP contribution in [0, 0.1) is 0 Å². The van der Waals surface area contributed by atoms with Crippen molar-refractivity contribution in [2.75, 3.05) is 0 Å². The van der Waals surface area contributed by atoms with Crippen LogP contribution in [0.4, 0.5) is 0 Å². The van der Waals surface area contributed by atoms with Crippen molar-refractivity contribution in [1.82, 2.24) is 19.5 Å². The van der Waals surface area contributed by atoms with E-state index < -0.39 is 0 Å². The van der Waals surface area contributed by atoms with Gasteiger partial charge >= 0.3 is 0 Å². The molecular weight excluding hydrogens is 240 g/mol. The van der Waals surface area contributed by atoms with E-state index in [0.29, 0.717) is 21.9 Å². The van der Waals surface area contributed by atoms with Crippen LogP contribution in [-0.2, 0) is 0 Å². The van der Waals surface area contributed by atoms with E-state index in [0.717, 1.165) is 0 Å². The third kappa shape index (κ3) is 1.60. The Morgan fingerprint density at radius 1 is 1.24 bits per heavy atom. The maximum atomic E-state index is 9.82. The lowest BCUT2D eigenvalue weighted by atomic mass is 10.3. The first-order valence-corrected chi connectivity index (χ1v) is 5.25. The Bertz CT molecular complexity index is 695. The predicted octanol–water partition coefficient (Wildman–Crippen LogP) is 2.17. The molecule has 0 unspecified atom stereocenters. The van der Waals surface area contributed by atoms with Crippen molar-refractivity contribution in [3.05, 3.63) is 42.1 Å². The number of halogens is 1. The summed E-state index contributed by atoms with van der Waals surface area (Å²) in [7, 11) is 0. The molecule has 0 aliphatic carbocycles. The maximum Gasteiger partial charge on any atom is 0.167 e. The zero-order valence-electron chi connectivity index (χ0n) is 8.58. The van der Waals surface area contributed by atoms with Crippen LogP contribution >= 0.6 is 11.6 Å². The SMILES string of the molecule is Oc1ccc(Cl)cc1-n1cnc2cncnc21. The van der Waals surface area contributed by atoms with Crippen molar-refractivity contribution >= 4 is 22.8 Å². The molecule has 2 heterocycles. The summed E-state index contributed by atoms with van der Waals surface area (Å²) in [6.07, 6.45) is 4.62. The van der Waals surface area contributed by atoms with E-state index in [-0.39, 0.29) is 5.75 Å². The van der Waals surface area contributed by atoms with Gasteiger partial charge in [-0.25, -0.2) is 15.0 Å². The second-order valence-corrected chi connectivity index (χ2v) is 3.92. The summed E-state index contributed by atoms with van der Waals surface area (Å²) >= 11 is 5.91. The summed E-state index contributed by atoms with van der Waals surface area (Å²) in [4.78, 5) is 12.2. The first-order chi connectivity index (χ1) is 8.25. The number of aromatic hydroxyl groups is 1. The molecule has 0 fully saturated rings. The minimum absolute atomic E-state index is 0.118. The highest BCUT2D eigenvalue weighted by Crippen LogP contribution is 2.27. The van der Waals surface area contributed by atoms with Crippen LogP contribution in [0.25, 0.3) is 16.9 Å². The summed E-state index contributed by atoms with van der Waals surface area (Å²) in [5.74, 6) is 0.118. The second kappa shape index (κ2) is 3.71. The van der Waals surface area contributed by atoms with Gasteiger partial charge in [-0.15, -0.1) is 0 Å². The van der Waals surface area contributed by atoms with Crippen LogP contribution in [0.15, 0.2) is 37.1 Å². The molecule has 0 saturated carbocycles. The molecule has 1 N–H and O–H groups in total. The van der Waals surface area contributed by atoms with E-state index in [4.69, 9.17) is 11.6 Å². The Kier molecular flexibility index (Phi) is 2.19. The summed E-state index contributed by atoms with van der Waals surface area (Å²) < 4.78 is 1.66. The van der Waals surface area contributed by atoms with E-state index >= 15 is 0 Å². The van der Waals surface area contributed by atoms with Gasteiger partial charge in [-0.05, 0) is 18.2 Å². The lowest BCUT2D eigenvalue weighted by Crippen LogP contribution is -1.94. The fourth-order valence-electron chi connectivity index (χ4n) is 1.63. The van der Waals surface area contributed by atoms with Gasteiger partial charge in [-0.3, -0.25) is 4.57 Å². The number of rotatable bonds is 1. The van der Waals surface area contributed by atoms with Gasteiger partial charge in [-0.2, -0.15) is 0 Å². The molecule has 0 atom stereocenters. The first kappa shape index (κ1) is 10.0. The number of nitrogens with zero attached hydrogens (tertiary/aromatic N) is 4. The highest BCUT2D eigenvalue weighted by Gasteiger charge is 2.09. The number of benzene rings is 1. The minimum Gasteiger partial charge on any atom is -0.506 e. The second-order valence-electron chi connectivity index (χ2n) is 3.48. The molecule has 0 spiro atoms. The molecule has 3 rings (SSSR count). The van der Waals surface area contributed by atoms with Crippen LogP contribution in [0.1, 0.15) is 0 Å². The Balaban J connectivity index is 2.31. The van der Waals surface area contributed by atoms with Crippen molar-refractivity contribution in [3.8, 4) is 11.4 Å². The molecule has 3 aromatic rings. The standard InChI is InChI=1S/C11H7ClN4O/c12-7-1-2-10(17)9(3-7)16-6-15-8-4-13-5-14-11(8)16/h1-6,17H. The quantitative estimate of drug-likeness (QED) is 0.715. The van der Waals surface area contributed by atoms with Crippen molar-refractivity contribution in [1.29, 1.82) is 0 Å². The molecular formula is C11H7ClN4O.